The number of carbonyl (C=O) groups excluding carboxylic acids is 1. The number of anilines is 1. The molecule has 0 fully saturated rings. The smallest absolute Gasteiger partial charge is 0.327 e. The second kappa shape index (κ2) is 9.24. The maximum absolute atomic E-state index is 12.8. The Labute approximate surface area is 187 Å². The number of fused-ring (bicyclic) bond motifs is 1. The molecule has 0 saturated heterocycles. The van der Waals surface area contributed by atoms with Crippen LogP contribution in [0.1, 0.15) is 24.0 Å². The van der Waals surface area contributed by atoms with E-state index in [4.69, 9.17) is 4.74 Å². The van der Waals surface area contributed by atoms with E-state index in [0.29, 0.717) is 30.4 Å². The second-order valence-electron chi connectivity index (χ2n) is 7.13. The molecule has 1 unspecified atom stereocenters. The molecule has 3 aromatic rings. The maximum atomic E-state index is 12.8. The zero-order chi connectivity index (χ0) is 21.1. The second-order valence-corrected chi connectivity index (χ2v) is 9.51. The van der Waals surface area contributed by atoms with Crippen LogP contribution >= 0.6 is 15.9 Å². The van der Waals surface area contributed by atoms with Gasteiger partial charge in [0.1, 0.15) is 11.5 Å². The highest BCUT2D eigenvalue weighted by molar-refractivity contribution is 9.10. The van der Waals surface area contributed by atoms with Crippen molar-refractivity contribution in [2.45, 2.75) is 31.3 Å². The number of imidazole rings is 1. The van der Waals surface area contributed by atoms with Crippen molar-refractivity contribution in [1.29, 1.82) is 0 Å². The molecule has 0 saturated carbocycles. The van der Waals surface area contributed by atoms with Gasteiger partial charge in [0.15, 0.2) is 0 Å². The lowest BCUT2D eigenvalue weighted by molar-refractivity contribution is -0.116. The van der Waals surface area contributed by atoms with Gasteiger partial charge in [0.2, 0.25) is 5.91 Å². The Morgan fingerprint density at radius 2 is 2.13 bits per heavy atom. The van der Waals surface area contributed by atoms with Gasteiger partial charge in [-0.15, -0.1) is 0 Å². The Kier molecular flexibility index (Phi) is 6.46. The van der Waals surface area contributed by atoms with Crippen LogP contribution in [0.5, 0.6) is 5.75 Å². The third kappa shape index (κ3) is 4.71. The molecule has 8 heteroatoms. The van der Waals surface area contributed by atoms with Crippen LogP contribution in [0.2, 0.25) is 0 Å². The molecule has 2 aromatic carbocycles. The minimum Gasteiger partial charge on any atom is -0.609 e. The number of nitrogens with one attached hydrogen (secondary N) is 1. The van der Waals surface area contributed by atoms with Crippen LogP contribution in [0.3, 0.4) is 0 Å². The highest BCUT2D eigenvalue weighted by Gasteiger charge is 2.20. The number of carbonyl (C=O) groups is 1. The monoisotopic (exact) mass is 487 g/mol. The fourth-order valence-electron chi connectivity index (χ4n) is 3.45. The van der Waals surface area contributed by atoms with E-state index < -0.39 is 11.2 Å². The van der Waals surface area contributed by atoms with Gasteiger partial charge in [0.05, 0.1) is 18.5 Å². The van der Waals surface area contributed by atoms with Crippen molar-refractivity contribution in [2.24, 2.45) is 0 Å². The first kappa shape index (κ1) is 21.0. The van der Waals surface area contributed by atoms with Gasteiger partial charge in [-0.25, -0.2) is 0 Å². The molecule has 30 heavy (non-hydrogen) atoms. The lowest BCUT2D eigenvalue weighted by atomic mass is 10.0. The summed E-state index contributed by atoms with van der Waals surface area (Å²) >= 11 is 2.24. The summed E-state index contributed by atoms with van der Waals surface area (Å²) in [6, 6.07) is 11.7. The van der Waals surface area contributed by atoms with Gasteiger partial charge in [0, 0.05) is 40.4 Å². The summed E-state index contributed by atoms with van der Waals surface area (Å²) < 4.78 is 21.6. The number of halogens is 1. The third-order valence-corrected chi connectivity index (χ3v) is 6.81. The Morgan fingerprint density at radius 1 is 1.27 bits per heavy atom. The largest absolute Gasteiger partial charge is 0.609 e. The van der Waals surface area contributed by atoms with Crippen molar-refractivity contribution < 1.29 is 14.1 Å². The van der Waals surface area contributed by atoms with Crippen molar-refractivity contribution in [3.05, 3.63) is 64.4 Å². The van der Waals surface area contributed by atoms with Crippen molar-refractivity contribution >= 4 is 38.7 Å². The van der Waals surface area contributed by atoms with Crippen LogP contribution in [0.25, 0.3) is 5.69 Å². The Hall–Kier alpha value is -2.29. The van der Waals surface area contributed by atoms with Gasteiger partial charge >= 0.3 is 5.16 Å². The van der Waals surface area contributed by atoms with Crippen LogP contribution < -0.4 is 10.1 Å². The summed E-state index contributed by atoms with van der Waals surface area (Å²) in [6.45, 7) is 2.49. The molecular formula is C22H22BrN3O3S. The molecule has 1 aliphatic rings. The number of hydrogen-bond acceptors (Lipinski definition) is 4. The molecule has 1 N–H and O–H groups in total. The Bertz CT molecular complexity index is 1070. The zero-order valence-electron chi connectivity index (χ0n) is 16.6. The molecule has 156 valence electrons. The van der Waals surface area contributed by atoms with Gasteiger partial charge in [0.25, 0.3) is 0 Å². The molecule has 4 rings (SSSR count). The van der Waals surface area contributed by atoms with Gasteiger partial charge < -0.3 is 14.6 Å². The molecule has 0 spiro atoms. The van der Waals surface area contributed by atoms with Gasteiger partial charge in [-0.05, 0) is 60.9 Å². The van der Waals surface area contributed by atoms with Gasteiger partial charge in [-0.3, -0.25) is 9.36 Å². The fourth-order valence-corrected chi connectivity index (χ4v) is 5.05. The normalized spacial score (nSPS) is 14.2. The minimum atomic E-state index is -1.23. The first-order valence-corrected chi connectivity index (χ1v) is 11.9. The van der Waals surface area contributed by atoms with E-state index in [1.54, 1.807) is 6.20 Å². The molecule has 1 amide bonds. The van der Waals surface area contributed by atoms with E-state index in [2.05, 4.69) is 26.2 Å². The predicted molar refractivity (Wildman–Crippen MR) is 121 cm³/mol. The van der Waals surface area contributed by atoms with Crippen LogP contribution in [-0.4, -0.2) is 32.4 Å². The molecule has 0 radical (unpaired) electrons. The third-order valence-electron chi connectivity index (χ3n) is 4.94. The van der Waals surface area contributed by atoms with Crippen LogP contribution in [0, 0.1) is 6.92 Å². The molecular weight excluding hydrogens is 466 g/mol. The maximum Gasteiger partial charge on any atom is 0.327 e. The number of amides is 1. The van der Waals surface area contributed by atoms with Crippen molar-refractivity contribution in [3.63, 3.8) is 0 Å². The van der Waals surface area contributed by atoms with Gasteiger partial charge in [-0.2, -0.15) is 4.98 Å². The lowest BCUT2D eigenvalue weighted by Gasteiger charge is -2.18. The first-order valence-electron chi connectivity index (χ1n) is 9.75. The molecule has 0 aliphatic carbocycles. The number of aryl methyl sites for hydroxylation is 2. The quantitative estimate of drug-likeness (QED) is 0.395. The molecule has 0 bridgehead atoms. The predicted octanol–water partition coefficient (Wildman–Crippen LogP) is 4.40. The molecule has 1 atom stereocenters. The molecule has 2 heterocycles. The van der Waals surface area contributed by atoms with Crippen molar-refractivity contribution in [3.8, 4) is 11.4 Å². The van der Waals surface area contributed by atoms with Crippen LogP contribution in [0.4, 0.5) is 5.69 Å². The fraction of sp³-hybridized carbons (Fsp3) is 0.273. The van der Waals surface area contributed by atoms with E-state index >= 15 is 0 Å². The van der Waals surface area contributed by atoms with Crippen LogP contribution in [0.15, 0.2) is 58.4 Å². The van der Waals surface area contributed by atoms with Crippen LogP contribution in [-0.2, 0) is 22.4 Å². The number of hydrogen-bond donors (Lipinski definition) is 1. The average Bonchev–Trinajstić information content (AvgIpc) is 3.20. The van der Waals surface area contributed by atoms with E-state index in [9.17, 15) is 9.35 Å². The summed E-state index contributed by atoms with van der Waals surface area (Å²) in [6.07, 6.45) is 5.38. The van der Waals surface area contributed by atoms with Crippen molar-refractivity contribution in [1.82, 2.24) is 9.55 Å². The average molecular weight is 488 g/mol. The molecule has 1 aromatic heterocycles. The van der Waals surface area contributed by atoms with E-state index in [-0.39, 0.29) is 5.91 Å². The summed E-state index contributed by atoms with van der Waals surface area (Å²) in [4.78, 5) is 15.8. The van der Waals surface area contributed by atoms with E-state index in [0.717, 1.165) is 39.1 Å². The lowest BCUT2D eigenvalue weighted by Crippen LogP contribution is -2.19. The number of benzene rings is 2. The summed E-state index contributed by atoms with van der Waals surface area (Å²) in [5, 5.41) is 3.41. The SMILES string of the molecule is Cc1cc(Br)ccc1-n1ccnc1[S+]([O-])CCCOc1ccc2c(c1)CCC(=O)N2. The molecule has 1 aliphatic heterocycles. The summed E-state index contributed by atoms with van der Waals surface area (Å²) in [5.41, 5.74) is 3.99. The Morgan fingerprint density at radius 3 is 2.97 bits per heavy atom. The summed E-state index contributed by atoms with van der Waals surface area (Å²) in [7, 11) is 0. The number of nitrogens with zero attached hydrogens (tertiary/aromatic N) is 2. The van der Waals surface area contributed by atoms with Gasteiger partial charge in [-0.1, -0.05) is 15.9 Å². The van der Waals surface area contributed by atoms with Crippen molar-refractivity contribution in [2.75, 3.05) is 17.7 Å². The minimum absolute atomic E-state index is 0.0512. The summed E-state index contributed by atoms with van der Waals surface area (Å²) in [5.74, 6) is 1.28. The first-order chi connectivity index (χ1) is 14.5. The highest BCUT2D eigenvalue weighted by Crippen LogP contribution is 2.27. The molecule has 6 nitrogen and oxygen atoms in total. The Balaban J connectivity index is 1.33. The number of rotatable bonds is 7. The number of aromatic nitrogens is 2. The zero-order valence-corrected chi connectivity index (χ0v) is 19.0. The topological polar surface area (TPSA) is 79.2 Å². The van der Waals surface area contributed by atoms with E-state index in [1.807, 2.05) is 54.1 Å². The van der Waals surface area contributed by atoms with E-state index in [1.165, 1.54) is 0 Å². The number of ether oxygens (including phenoxy) is 1. The standard InChI is InChI=1S/C22H22BrN3O3S/c1-15-13-17(23)4-7-20(15)26-10-9-24-22(26)30(28)12-2-11-29-18-5-6-19-16(14-18)3-8-21(27)25-19/h4-7,9-10,13-14H,2-3,8,11-12H2,1H3,(H,25,27). The highest BCUT2D eigenvalue weighted by atomic mass is 79.9.